The highest BCUT2D eigenvalue weighted by Crippen LogP contribution is 2.31. The van der Waals surface area contributed by atoms with Crippen LogP contribution in [-0.2, 0) is 17.8 Å². The molecule has 3 heterocycles. The normalized spacial score (nSPS) is 16.0. The number of likely N-dealkylation sites (tertiary alicyclic amines) is 1. The van der Waals surface area contributed by atoms with Crippen LogP contribution in [0.5, 0.6) is 0 Å². The molecule has 0 aliphatic carbocycles. The maximum atomic E-state index is 13.0. The summed E-state index contributed by atoms with van der Waals surface area (Å²) in [5.74, 6) is 0.174. The van der Waals surface area contributed by atoms with Gasteiger partial charge in [-0.3, -0.25) is 19.7 Å². The lowest BCUT2D eigenvalue weighted by atomic mass is 10.1. The summed E-state index contributed by atoms with van der Waals surface area (Å²) < 4.78 is 0. The number of nitrogens with zero attached hydrogens (tertiary/aromatic N) is 5. The number of hydrogen-bond donors (Lipinski definition) is 0. The summed E-state index contributed by atoms with van der Waals surface area (Å²) in [5, 5.41) is 0.715. The number of pyridine rings is 1. The first-order chi connectivity index (χ1) is 15.6. The Morgan fingerprint density at radius 1 is 1.16 bits per heavy atom. The molecule has 0 N–H and O–H groups in total. The van der Waals surface area contributed by atoms with E-state index in [-0.39, 0.29) is 11.9 Å². The number of hydrogen-bond acceptors (Lipinski definition) is 5. The largest absolute Gasteiger partial charge is 0.334 e. The molecule has 0 bridgehead atoms. The fourth-order valence-corrected chi connectivity index (χ4v) is 4.42. The molecule has 32 heavy (non-hydrogen) atoms. The topological polar surface area (TPSA) is 62.2 Å². The van der Waals surface area contributed by atoms with Crippen LogP contribution in [0, 0.1) is 0 Å². The lowest BCUT2D eigenvalue weighted by Gasteiger charge is -2.25. The smallest absolute Gasteiger partial charge is 0.224 e. The first-order valence-electron chi connectivity index (χ1n) is 11.0. The summed E-state index contributed by atoms with van der Waals surface area (Å²) in [4.78, 5) is 30.6. The second-order valence-corrected chi connectivity index (χ2v) is 8.77. The number of aromatic nitrogens is 3. The molecular weight excluding hydrogens is 422 g/mol. The molecule has 1 atom stereocenters. The summed E-state index contributed by atoms with van der Waals surface area (Å²) >= 11 is 6.11. The van der Waals surface area contributed by atoms with Crippen LogP contribution in [0.3, 0.4) is 0 Å². The van der Waals surface area contributed by atoms with E-state index in [0.29, 0.717) is 24.4 Å². The highest BCUT2D eigenvalue weighted by Gasteiger charge is 2.31. The van der Waals surface area contributed by atoms with Gasteiger partial charge in [0.25, 0.3) is 0 Å². The Labute approximate surface area is 194 Å². The van der Waals surface area contributed by atoms with Gasteiger partial charge in [-0.15, -0.1) is 0 Å². The van der Waals surface area contributed by atoms with Crippen LogP contribution in [0.15, 0.2) is 61.2 Å². The molecule has 1 aliphatic heterocycles. The lowest BCUT2D eigenvalue weighted by molar-refractivity contribution is -0.132. The van der Waals surface area contributed by atoms with E-state index in [9.17, 15) is 4.79 Å². The molecule has 0 spiro atoms. The second kappa shape index (κ2) is 10.7. The van der Waals surface area contributed by atoms with E-state index in [0.717, 1.165) is 48.4 Å². The molecule has 1 aliphatic rings. The van der Waals surface area contributed by atoms with Crippen molar-refractivity contribution in [3.63, 3.8) is 0 Å². The van der Waals surface area contributed by atoms with Gasteiger partial charge in [0, 0.05) is 56.1 Å². The molecule has 1 fully saturated rings. The Balaban J connectivity index is 1.37. The summed E-state index contributed by atoms with van der Waals surface area (Å²) in [7, 11) is 2.03. The predicted molar refractivity (Wildman–Crippen MR) is 125 cm³/mol. The number of halogens is 1. The highest BCUT2D eigenvalue weighted by molar-refractivity contribution is 6.30. The zero-order valence-corrected chi connectivity index (χ0v) is 19.1. The van der Waals surface area contributed by atoms with E-state index in [1.807, 2.05) is 48.5 Å². The number of carbonyl (C=O) groups excluding carboxylic acids is 1. The van der Waals surface area contributed by atoms with Crippen molar-refractivity contribution in [1.29, 1.82) is 0 Å². The Kier molecular flexibility index (Phi) is 7.45. The standard InChI is InChI=1S/C25H28ClN5O/c1-30(18-20-6-3-10-27-15-20)12-9-25(32)31-11-4-8-24(31)23-17-28-16-22(29-23)14-19-5-2-7-21(26)13-19/h2-3,5-7,10,13,15-17,24H,4,8-9,11-12,14,18H2,1H3. The van der Waals surface area contributed by atoms with Crippen molar-refractivity contribution < 1.29 is 4.79 Å². The average molecular weight is 450 g/mol. The van der Waals surface area contributed by atoms with Crippen molar-refractivity contribution in [2.24, 2.45) is 0 Å². The fraction of sp³-hybridized carbons (Fsp3) is 0.360. The maximum Gasteiger partial charge on any atom is 0.224 e. The summed E-state index contributed by atoms with van der Waals surface area (Å²) in [6, 6.07) is 11.8. The van der Waals surface area contributed by atoms with E-state index in [2.05, 4.69) is 20.9 Å². The van der Waals surface area contributed by atoms with Crippen molar-refractivity contribution in [1.82, 2.24) is 24.8 Å². The van der Waals surface area contributed by atoms with Gasteiger partial charge in [-0.1, -0.05) is 29.8 Å². The Morgan fingerprint density at radius 2 is 2.03 bits per heavy atom. The molecular formula is C25H28ClN5O. The minimum absolute atomic E-state index is 0.00191. The van der Waals surface area contributed by atoms with Gasteiger partial charge in [0.1, 0.15) is 0 Å². The number of carbonyl (C=O) groups is 1. The van der Waals surface area contributed by atoms with Crippen molar-refractivity contribution in [2.45, 2.75) is 38.3 Å². The molecule has 2 aromatic heterocycles. The third kappa shape index (κ3) is 5.90. The lowest BCUT2D eigenvalue weighted by Crippen LogP contribution is -2.33. The monoisotopic (exact) mass is 449 g/mol. The summed E-state index contributed by atoms with van der Waals surface area (Å²) in [5.41, 5.74) is 4.01. The minimum Gasteiger partial charge on any atom is -0.334 e. The molecule has 6 nitrogen and oxygen atoms in total. The predicted octanol–water partition coefficient (Wildman–Crippen LogP) is 4.30. The maximum absolute atomic E-state index is 13.0. The van der Waals surface area contributed by atoms with Crippen molar-refractivity contribution >= 4 is 17.5 Å². The van der Waals surface area contributed by atoms with E-state index in [1.54, 1.807) is 18.6 Å². The first kappa shape index (κ1) is 22.4. The minimum atomic E-state index is -0.00191. The molecule has 4 rings (SSSR count). The molecule has 166 valence electrons. The van der Waals surface area contributed by atoms with Gasteiger partial charge in [-0.05, 0) is 49.2 Å². The molecule has 1 amide bonds. The Bertz CT molecular complexity index is 1050. The molecule has 7 heteroatoms. The third-order valence-corrected chi connectivity index (χ3v) is 6.01. The third-order valence-electron chi connectivity index (χ3n) is 5.77. The van der Waals surface area contributed by atoms with Gasteiger partial charge in [0.15, 0.2) is 0 Å². The molecule has 1 saturated heterocycles. The molecule has 1 unspecified atom stereocenters. The van der Waals surface area contributed by atoms with Crippen LogP contribution >= 0.6 is 11.6 Å². The number of benzene rings is 1. The highest BCUT2D eigenvalue weighted by atomic mass is 35.5. The van der Waals surface area contributed by atoms with Gasteiger partial charge < -0.3 is 9.80 Å². The van der Waals surface area contributed by atoms with Gasteiger partial charge in [0.2, 0.25) is 5.91 Å². The quantitative estimate of drug-likeness (QED) is 0.513. The van der Waals surface area contributed by atoms with Crippen LogP contribution in [-0.4, -0.2) is 50.8 Å². The molecule has 0 radical (unpaired) electrons. The summed E-state index contributed by atoms with van der Waals surface area (Å²) in [6.07, 6.45) is 10.3. The number of amides is 1. The first-order valence-corrected chi connectivity index (χ1v) is 11.4. The SMILES string of the molecule is CN(CCC(=O)N1CCCC1c1cncc(Cc2cccc(Cl)c2)n1)Cc1cccnc1. The van der Waals surface area contributed by atoms with Crippen LogP contribution in [0.1, 0.15) is 47.8 Å². The molecule has 1 aromatic carbocycles. The summed E-state index contributed by atoms with van der Waals surface area (Å²) in [6.45, 7) is 2.26. The fourth-order valence-electron chi connectivity index (χ4n) is 4.21. The van der Waals surface area contributed by atoms with Crippen molar-refractivity contribution in [3.05, 3.63) is 88.7 Å². The zero-order chi connectivity index (χ0) is 22.3. The van der Waals surface area contributed by atoms with Crippen LogP contribution < -0.4 is 0 Å². The van der Waals surface area contributed by atoms with E-state index in [1.165, 1.54) is 0 Å². The second-order valence-electron chi connectivity index (χ2n) is 8.34. The van der Waals surface area contributed by atoms with Gasteiger partial charge in [-0.2, -0.15) is 0 Å². The molecule has 3 aromatic rings. The average Bonchev–Trinajstić information content (AvgIpc) is 3.29. The van der Waals surface area contributed by atoms with Gasteiger partial charge >= 0.3 is 0 Å². The zero-order valence-electron chi connectivity index (χ0n) is 18.3. The van der Waals surface area contributed by atoms with E-state index < -0.39 is 0 Å². The Morgan fingerprint density at radius 3 is 2.84 bits per heavy atom. The van der Waals surface area contributed by atoms with Crippen molar-refractivity contribution in [2.75, 3.05) is 20.1 Å². The Hall–Kier alpha value is -2.83. The van der Waals surface area contributed by atoms with Crippen LogP contribution in [0.25, 0.3) is 0 Å². The van der Waals surface area contributed by atoms with Crippen molar-refractivity contribution in [3.8, 4) is 0 Å². The van der Waals surface area contributed by atoms with Crippen LogP contribution in [0.2, 0.25) is 5.02 Å². The van der Waals surface area contributed by atoms with Gasteiger partial charge in [0.05, 0.1) is 23.6 Å². The van der Waals surface area contributed by atoms with Crippen LogP contribution in [0.4, 0.5) is 0 Å². The number of rotatable bonds is 8. The van der Waals surface area contributed by atoms with E-state index >= 15 is 0 Å². The van der Waals surface area contributed by atoms with Gasteiger partial charge in [-0.25, -0.2) is 0 Å². The molecule has 0 saturated carbocycles. The van der Waals surface area contributed by atoms with E-state index in [4.69, 9.17) is 16.6 Å².